The standard InChI is InChI=1S/C18H20N4O4S/c1-24-10-9-20-18(27)22-21-12-13-3-4-15(16(11-13)25-2)26-17(23)14-5-7-19-8-6-14/h3-8,11-12H,9-10H2,1-2H3,(H2,20,22,27)/b21-12-. The van der Waals surface area contributed by atoms with Gasteiger partial charge in [-0.2, -0.15) is 5.10 Å². The maximum atomic E-state index is 12.2. The number of benzene rings is 1. The molecule has 0 radical (unpaired) electrons. The topological polar surface area (TPSA) is 94.1 Å². The van der Waals surface area contributed by atoms with Gasteiger partial charge in [-0.25, -0.2) is 4.79 Å². The van der Waals surface area contributed by atoms with E-state index in [2.05, 4.69) is 20.8 Å². The zero-order chi connectivity index (χ0) is 19.5. The van der Waals surface area contributed by atoms with Crippen molar-refractivity contribution in [1.29, 1.82) is 0 Å². The molecule has 0 saturated heterocycles. The summed E-state index contributed by atoms with van der Waals surface area (Å²) in [4.78, 5) is 16.0. The molecular formula is C18H20N4O4S. The minimum atomic E-state index is -0.494. The van der Waals surface area contributed by atoms with Gasteiger partial charge in [-0.3, -0.25) is 10.4 Å². The molecule has 2 N–H and O–H groups in total. The molecule has 8 nitrogen and oxygen atoms in total. The second kappa shape index (κ2) is 10.8. The summed E-state index contributed by atoms with van der Waals surface area (Å²) in [7, 11) is 3.11. The maximum absolute atomic E-state index is 12.2. The van der Waals surface area contributed by atoms with E-state index in [1.54, 1.807) is 43.7 Å². The fourth-order valence-corrected chi connectivity index (χ4v) is 2.12. The van der Waals surface area contributed by atoms with E-state index in [-0.39, 0.29) is 0 Å². The first-order chi connectivity index (χ1) is 13.1. The smallest absolute Gasteiger partial charge is 0.343 e. The van der Waals surface area contributed by atoms with Crippen LogP contribution in [0.25, 0.3) is 0 Å². The zero-order valence-corrected chi connectivity index (χ0v) is 15.8. The molecule has 0 spiro atoms. The van der Waals surface area contributed by atoms with Gasteiger partial charge >= 0.3 is 5.97 Å². The number of nitrogens with one attached hydrogen (secondary N) is 2. The number of aromatic nitrogens is 1. The predicted octanol–water partition coefficient (Wildman–Crippen LogP) is 1.75. The van der Waals surface area contributed by atoms with Crippen molar-refractivity contribution >= 4 is 29.5 Å². The molecule has 27 heavy (non-hydrogen) atoms. The van der Waals surface area contributed by atoms with Gasteiger partial charge in [0.15, 0.2) is 16.6 Å². The SMILES string of the molecule is COCCNC(=S)N/N=C\c1ccc(OC(=O)c2ccncc2)c(OC)c1. The van der Waals surface area contributed by atoms with Gasteiger partial charge in [0.05, 0.1) is 25.5 Å². The van der Waals surface area contributed by atoms with Crippen LogP contribution in [0.15, 0.2) is 47.8 Å². The number of thiocarbonyl (C=S) groups is 1. The van der Waals surface area contributed by atoms with Crippen LogP contribution in [-0.2, 0) is 4.74 Å². The molecule has 1 heterocycles. The van der Waals surface area contributed by atoms with E-state index in [0.717, 1.165) is 5.56 Å². The largest absolute Gasteiger partial charge is 0.493 e. The van der Waals surface area contributed by atoms with Gasteiger partial charge in [-0.15, -0.1) is 0 Å². The zero-order valence-electron chi connectivity index (χ0n) is 15.0. The monoisotopic (exact) mass is 388 g/mol. The van der Waals surface area contributed by atoms with Crippen molar-refractivity contribution in [3.8, 4) is 11.5 Å². The number of pyridine rings is 1. The minimum Gasteiger partial charge on any atom is -0.493 e. The number of hydrogen-bond donors (Lipinski definition) is 2. The van der Waals surface area contributed by atoms with Gasteiger partial charge in [-0.1, -0.05) is 0 Å². The van der Waals surface area contributed by atoms with E-state index in [1.165, 1.54) is 19.5 Å². The summed E-state index contributed by atoms with van der Waals surface area (Å²) in [6, 6.07) is 8.22. The van der Waals surface area contributed by atoms with Crippen LogP contribution in [-0.4, -0.2) is 49.7 Å². The van der Waals surface area contributed by atoms with E-state index in [0.29, 0.717) is 35.3 Å². The highest BCUT2D eigenvalue weighted by Crippen LogP contribution is 2.28. The third kappa shape index (κ3) is 6.65. The van der Waals surface area contributed by atoms with Crippen LogP contribution in [0.4, 0.5) is 0 Å². The lowest BCUT2D eigenvalue weighted by Gasteiger charge is -2.10. The minimum absolute atomic E-state index is 0.307. The predicted molar refractivity (Wildman–Crippen MR) is 105 cm³/mol. The number of carbonyl (C=O) groups is 1. The number of rotatable bonds is 8. The lowest BCUT2D eigenvalue weighted by molar-refractivity contribution is 0.0729. The Labute approximate surface area is 162 Å². The number of hydrazone groups is 1. The Morgan fingerprint density at radius 3 is 2.70 bits per heavy atom. The molecule has 1 aromatic carbocycles. The second-order valence-electron chi connectivity index (χ2n) is 5.15. The van der Waals surface area contributed by atoms with Gasteiger partial charge in [0.25, 0.3) is 0 Å². The number of carbonyl (C=O) groups excluding carboxylic acids is 1. The Balaban J connectivity index is 1.98. The highest BCUT2D eigenvalue weighted by molar-refractivity contribution is 7.80. The lowest BCUT2D eigenvalue weighted by Crippen LogP contribution is -2.34. The van der Waals surface area contributed by atoms with Crippen LogP contribution in [0.5, 0.6) is 11.5 Å². The van der Waals surface area contributed by atoms with Crippen molar-refractivity contribution in [3.05, 3.63) is 53.9 Å². The molecule has 0 aliphatic carbocycles. The Hall–Kier alpha value is -3.04. The van der Waals surface area contributed by atoms with Gasteiger partial charge in [0, 0.05) is 26.0 Å². The summed E-state index contributed by atoms with van der Waals surface area (Å²) in [5, 5.41) is 7.36. The number of nitrogens with zero attached hydrogens (tertiary/aromatic N) is 2. The fourth-order valence-electron chi connectivity index (χ4n) is 1.97. The van der Waals surface area contributed by atoms with E-state index in [4.69, 9.17) is 26.4 Å². The molecule has 0 aliphatic rings. The normalized spacial score (nSPS) is 10.4. The molecule has 0 bridgehead atoms. The average molecular weight is 388 g/mol. The molecule has 0 aliphatic heterocycles. The first kappa shape index (κ1) is 20.3. The second-order valence-corrected chi connectivity index (χ2v) is 5.56. The molecule has 2 aromatic rings. The molecule has 142 valence electrons. The molecule has 0 saturated carbocycles. The van der Waals surface area contributed by atoms with Crippen LogP contribution < -0.4 is 20.2 Å². The highest BCUT2D eigenvalue weighted by atomic mass is 32.1. The molecule has 0 atom stereocenters. The van der Waals surface area contributed by atoms with Gasteiger partial charge < -0.3 is 19.5 Å². The Morgan fingerprint density at radius 1 is 1.22 bits per heavy atom. The van der Waals surface area contributed by atoms with Crippen molar-refractivity contribution in [1.82, 2.24) is 15.7 Å². The van der Waals surface area contributed by atoms with E-state index in [9.17, 15) is 4.79 Å². The third-order valence-electron chi connectivity index (χ3n) is 3.28. The Bertz CT molecular complexity index is 799. The third-order valence-corrected chi connectivity index (χ3v) is 3.51. The number of esters is 1. The quantitative estimate of drug-likeness (QED) is 0.176. The number of hydrogen-bond acceptors (Lipinski definition) is 7. The van der Waals surface area contributed by atoms with E-state index >= 15 is 0 Å². The summed E-state index contributed by atoms with van der Waals surface area (Å²) >= 11 is 5.07. The Morgan fingerprint density at radius 2 is 2.00 bits per heavy atom. The molecule has 2 rings (SSSR count). The molecule has 9 heteroatoms. The van der Waals surface area contributed by atoms with Crippen LogP contribution >= 0.6 is 12.2 Å². The van der Waals surface area contributed by atoms with Crippen molar-refractivity contribution in [3.63, 3.8) is 0 Å². The fraction of sp³-hybridized carbons (Fsp3) is 0.222. The summed E-state index contributed by atoms with van der Waals surface area (Å²) in [6.07, 6.45) is 4.62. The van der Waals surface area contributed by atoms with Crippen molar-refractivity contribution in [2.75, 3.05) is 27.4 Å². The van der Waals surface area contributed by atoms with Crippen LogP contribution in [0.3, 0.4) is 0 Å². The summed E-state index contributed by atoms with van der Waals surface area (Å²) in [5.41, 5.74) is 3.84. The average Bonchev–Trinajstić information content (AvgIpc) is 2.69. The van der Waals surface area contributed by atoms with Crippen molar-refractivity contribution in [2.45, 2.75) is 0 Å². The van der Waals surface area contributed by atoms with Gasteiger partial charge in [-0.05, 0) is 48.1 Å². The van der Waals surface area contributed by atoms with Crippen LogP contribution in [0.1, 0.15) is 15.9 Å². The van der Waals surface area contributed by atoms with E-state index in [1.807, 2.05) is 0 Å². The summed E-state index contributed by atoms with van der Waals surface area (Å²) in [6.45, 7) is 1.13. The van der Waals surface area contributed by atoms with E-state index < -0.39 is 5.97 Å². The molecule has 0 unspecified atom stereocenters. The Kier molecular flexibility index (Phi) is 8.14. The van der Waals surface area contributed by atoms with Crippen LogP contribution in [0, 0.1) is 0 Å². The molecule has 0 amide bonds. The number of ether oxygens (including phenoxy) is 3. The van der Waals surface area contributed by atoms with Crippen LogP contribution in [0.2, 0.25) is 0 Å². The first-order valence-electron chi connectivity index (χ1n) is 8.00. The maximum Gasteiger partial charge on any atom is 0.343 e. The molecule has 1 aromatic heterocycles. The van der Waals surface area contributed by atoms with Crippen molar-refractivity contribution < 1.29 is 19.0 Å². The summed E-state index contributed by atoms with van der Waals surface area (Å²) < 4.78 is 15.6. The molecular weight excluding hydrogens is 368 g/mol. The lowest BCUT2D eigenvalue weighted by atomic mass is 10.2. The summed E-state index contributed by atoms with van der Waals surface area (Å²) in [5.74, 6) is 0.217. The number of methoxy groups -OCH3 is 2. The van der Waals surface area contributed by atoms with Gasteiger partial charge in [0.2, 0.25) is 0 Å². The highest BCUT2D eigenvalue weighted by Gasteiger charge is 2.12. The molecule has 0 fully saturated rings. The van der Waals surface area contributed by atoms with Crippen molar-refractivity contribution in [2.24, 2.45) is 5.10 Å². The first-order valence-corrected chi connectivity index (χ1v) is 8.41. The van der Waals surface area contributed by atoms with Gasteiger partial charge in [0.1, 0.15) is 0 Å².